The first-order chi connectivity index (χ1) is 18.5. The van der Waals surface area contributed by atoms with Crippen molar-refractivity contribution in [3.05, 3.63) is 46.8 Å². The molecule has 1 saturated carbocycles. The number of hydrogen-bond donors (Lipinski definition) is 2. The second-order valence-corrected chi connectivity index (χ2v) is 12.2. The number of aliphatic hydroxyl groups excluding tert-OH is 2. The van der Waals surface area contributed by atoms with E-state index in [1.54, 1.807) is 0 Å². The fraction of sp³-hybridized carbons (Fsp3) is 0.710. The summed E-state index contributed by atoms with van der Waals surface area (Å²) in [6.45, 7) is 2.61. The highest BCUT2D eigenvalue weighted by Gasteiger charge is 2.50. The molecule has 0 amide bonds. The molecule has 3 fully saturated rings. The molecular formula is C31H43NO6. The van der Waals surface area contributed by atoms with E-state index in [0.717, 1.165) is 56.2 Å². The third kappa shape index (κ3) is 4.44. The highest BCUT2D eigenvalue weighted by atomic mass is 16.6. The summed E-state index contributed by atoms with van der Waals surface area (Å²) in [5.74, 6) is 3.42. The average molecular weight is 526 g/mol. The van der Waals surface area contributed by atoms with Crippen molar-refractivity contribution in [3.8, 4) is 0 Å². The van der Waals surface area contributed by atoms with Gasteiger partial charge in [0.15, 0.2) is 11.5 Å². The minimum atomic E-state index is -0.581. The molecule has 6 rings (SSSR count). The summed E-state index contributed by atoms with van der Waals surface area (Å²) in [5, 5.41) is 21.5. The summed E-state index contributed by atoms with van der Waals surface area (Å²) in [7, 11) is 1.48. The number of hydrogen-bond acceptors (Lipinski definition) is 7. The largest absolute Gasteiger partial charge is 0.492 e. The van der Waals surface area contributed by atoms with E-state index in [2.05, 4.69) is 30.1 Å². The van der Waals surface area contributed by atoms with Crippen molar-refractivity contribution in [2.45, 2.75) is 89.3 Å². The molecule has 208 valence electrons. The number of cyclic esters (lactones) is 1. The molecule has 6 aliphatic rings. The SMILES string of the molecule is COC1=C(CO)C(=O)OC1=C1OC2=CCCN3C(C(O)C4C=CCC(C5CCCC5)C4)CCCC3C2C1C. The van der Waals surface area contributed by atoms with Crippen LogP contribution in [-0.4, -0.2) is 59.5 Å². The predicted octanol–water partition coefficient (Wildman–Crippen LogP) is 4.57. The molecular weight excluding hydrogens is 482 g/mol. The lowest BCUT2D eigenvalue weighted by molar-refractivity contribution is -0.133. The van der Waals surface area contributed by atoms with E-state index in [9.17, 15) is 15.0 Å². The lowest BCUT2D eigenvalue weighted by Crippen LogP contribution is -2.56. The van der Waals surface area contributed by atoms with Crippen LogP contribution in [0.2, 0.25) is 0 Å². The van der Waals surface area contributed by atoms with Gasteiger partial charge in [0.05, 0.1) is 19.8 Å². The summed E-state index contributed by atoms with van der Waals surface area (Å²) >= 11 is 0. The molecule has 4 heterocycles. The van der Waals surface area contributed by atoms with Crippen LogP contribution < -0.4 is 0 Å². The fourth-order valence-electron chi connectivity index (χ4n) is 8.45. The molecule has 7 heteroatoms. The van der Waals surface area contributed by atoms with Gasteiger partial charge >= 0.3 is 5.97 Å². The Labute approximate surface area is 226 Å². The molecule has 38 heavy (non-hydrogen) atoms. The number of carbonyl (C=O) groups excluding carboxylic acids is 1. The monoisotopic (exact) mass is 525 g/mol. The third-order valence-electron chi connectivity index (χ3n) is 10.3. The maximum Gasteiger partial charge on any atom is 0.345 e. The molecule has 0 aromatic heterocycles. The van der Waals surface area contributed by atoms with Gasteiger partial charge in [0.25, 0.3) is 0 Å². The van der Waals surface area contributed by atoms with E-state index < -0.39 is 12.6 Å². The van der Waals surface area contributed by atoms with Gasteiger partial charge in [0, 0.05) is 36.4 Å². The highest BCUT2D eigenvalue weighted by Crippen LogP contribution is 2.50. The number of esters is 1. The number of fused-ring (bicyclic) bond motifs is 3. The van der Waals surface area contributed by atoms with Gasteiger partial charge in [0.2, 0.25) is 5.76 Å². The number of carbonyl (C=O) groups is 1. The quantitative estimate of drug-likeness (QED) is 0.401. The lowest BCUT2D eigenvalue weighted by Gasteiger charge is -2.47. The van der Waals surface area contributed by atoms with Crippen LogP contribution in [0.15, 0.2) is 46.8 Å². The third-order valence-corrected chi connectivity index (χ3v) is 10.3. The Hall–Kier alpha value is -2.09. The van der Waals surface area contributed by atoms with Crippen molar-refractivity contribution in [2.24, 2.45) is 29.6 Å². The molecule has 0 radical (unpaired) electrons. The van der Waals surface area contributed by atoms with Crippen molar-refractivity contribution in [2.75, 3.05) is 20.3 Å². The lowest BCUT2D eigenvalue weighted by atomic mass is 9.73. The van der Waals surface area contributed by atoms with Crippen molar-refractivity contribution in [1.82, 2.24) is 4.90 Å². The number of piperidine rings is 1. The van der Waals surface area contributed by atoms with Gasteiger partial charge in [-0.05, 0) is 50.0 Å². The first kappa shape index (κ1) is 26.1. The first-order valence-corrected chi connectivity index (χ1v) is 14.8. The summed E-state index contributed by atoms with van der Waals surface area (Å²) in [4.78, 5) is 14.9. The second-order valence-electron chi connectivity index (χ2n) is 12.2. The van der Waals surface area contributed by atoms with Crippen LogP contribution in [0.25, 0.3) is 0 Å². The smallest absolute Gasteiger partial charge is 0.345 e. The Balaban J connectivity index is 1.23. The van der Waals surface area contributed by atoms with E-state index >= 15 is 0 Å². The standard InChI is InChI=1S/C31H43NO6/c1-18-26-23-12-6-13-24(27(34)21-11-5-10-20(16-21)19-8-3-4-9-19)32(23)15-7-14-25(26)37-28(18)30-29(36-2)22(17-33)31(35)38-30/h5,11,14,18-21,23-24,26-27,33-34H,3-4,6-10,12-13,15-17H2,1-2H3. The number of ether oxygens (including phenoxy) is 3. The highest BCUT2D eigenvalue weighted by molar-refractivity contribution is 5.94. The minimum Gasteiger partial charge on any atom is -0.492 e. The maximum absolute atomic E-state index is 12.4. The average Bonchev–Trinajstić information content (AvgIpc) is 3.63. The number of aliphatic hydroxyl groups is 2. The van der Waals surface area contributed by atoms with Crippen LogP contribution in [0.3, 0.4) is 0 Å². The molecule has 2 aliphatic carbocycles. The van der Waals surface area contributed by atoms with Crippen LogP contribution in [0.4, 0.5) is 0 Å². The van der Waals surface area contributed by atoms with Crippen LogP contribution in [0.1, 0.15) is 71.1 Å². The van der Waals surface area contributed by atoms with Crippen LogP contribution >= 0.6 is 0 Å². The molecule has 0 aromatic rings. The van der Waals surface area contributed by atoms with Gasteiger partial charge in [-0.2, -0.15) is 0 Å². The molecule has 4 aliphatic heterocycles. The molecule has 2 saturated heterocycles. The van der Waals surface area contributed by atoms with Gasteiger partial charge in [-0.3, -0.25) is 4.90 Å². The Morgan fingerprint density at radius 3 is 2.71 bits per heavy atom. The van der Waals surface area contributed by atoms with Gasteiger partial charge in [-0.25, -0.2) is 4.79 Å². The zero-order valence-corrected chi connectivity index (χ0v) is 22.8. The van der Waals surface area contributed by atoms with Crippen LogP contribution in [0.5, 0.6) is 0 Å². The molecule has 0 aromatic carbocycles. The maximum atomic E-state index is 12.4. The first-order valence-electron chi connectivity index (χ1n) is 14.8. The van der Waals surface area contributed by atoms with Gasteiger partial charge in [-0.15, -0.1) is 0 Å². The van der Waals surface area contributed by atoms with Crippen molar-refractivity contribution >= 4 is 5.97 Å². The van der Waals surface area contributed by atoms with Crippen molar-refractivity contribution in [1.29, 1.82) is 0 Å². The second kappa shape index (κ2) is 10.8. The number of methoxy groups -OCH3 is 1. The van der Waals surface area contributed by atoms with Crippen molar-refractivity contribution in [3.63, 3.8) is 0 Å². The van der Waals surface area contributed by atoms with Crippen LogP contribution in [0, 0.1) is 29.6 Å². The Morgan fingerprint density at radius 2 is 1.95 bits per heavy atom. The van der Waals surface area contributed by atoms with E-state index in [-0.39, 0.29) is 47.3 Å². The number of nitrogens with zero attached hydrogens (tertiary/aromatic N) is 1. The zero-order valence-electron chi connectivity index (χ0n) is 22.8. The minimum absolute atomic E-state index is 0.0185. The van der Waals surface area contributed by atoms with Gasteiger partial charge in [-0.1, -0.05) is 51.2 Å². The predicted molar refractivity (Wildman–Crippen MR) is 142 cm³/mol. The summed E-state index contributed by atoms with van der Waals surface area (Å²) < 4.78 is 17.4. The van der Waals surface area contributed by atoms with E-state index in [0.29, 0.717) is 11.5 Å². The Bertz CT molecular complexity index is 1050. The zero-order chi connectivity index (χ0) is 26.4. The fourth-order valence-corrected chi connectivity index (χ4v) is 8.45. The Kier molecular flexibility index (Phi) is 7.45. The van der Waals surface area contributed by atoms with E-state index in [4.69, 9.17) is 14.2 Å². The number of rotatable bonds is 5. The molecule has 0 spiro atoms. The van der Waals surface area contributed by atoms with Gasteiger partial charge < -0.3 is 24.4 Å². The molecule has 7 unspecified atom stereocenters. The summed E-state index contributed by atoms with van der Waals surface area (Å²) in [6.07, 6.45) is 18.3. The molecule has 0 bridgehead atoms. The number of allylic oxidation sites excluding steroid dienone is 2. The molecule has 2 N–H and O–H groups in total. The van der Waals surface area contributed by atoms with Gasteiger partial charge in [0.1, 0.15) is 11.3 Å². The summed E-state index contributed by atoms with van der Waals surface area (Å²) in [6, 6.07) is 0.398. The van der Waals surface area contributed by atoms with E-state index in [1.807, 2.05) is 0 Å². The van der Waals surface area contributed by atoms with Crippen LogP contribution in [-0.2, 0) is 19.0 Å². The van der Waals surface area contributed by atoms with E-state index in [1.165, 1.54) is 39.2 Å². The molecule has 7 nitrogen and oxygen atoms in total. The Morgan fingerprint density at radius 1 is 1.13 bits per heavy atom. The van der Waals surface area contributed by atoms with Crippen molar-refractivity contribution < 1.29 is 29.2 Å². The summed E-state index contributed by atoms with van der Waals surface area (Å²) in [5.41, 5.74) is 0.130. The topological polar surface area (TPSA) is 88.5 Å². The molecule has 7 atom stereocenters. The normalized spacial score (nSPS) is 38.8.